The van der Waals surface area contributed by atoms with Crippen molar-refractivity contribution in [2.75, 3.05) is 12.4 Å². The molecule has 118 valence electrons. The number of halogens is 1. The van der Waals surface area contributed by atoms with Gasteiger partial charge in [-0.3, -0.25) is 0 Å². The van der Waals surface area contributed by atoms with E-state index >= 15 is 0 Å². The molecule has 3 nitrogen and oxygen atoms in total. The zero-order valence-electron chi connectivity index (χ0n) is 14.0. The van der Waals surface area contributed by atoms with E-state index in [1.54, 1.807) is 0 Å². The highest BCUT2D eigenvalue weighted by molar-refractivity contribution is 14.1. The third-order valence-corrected chi connectivity index (χ3v) is 5.56. The predicted molar refractivity (Wildman–Crippen MR) is 98.0 cm³/mol. The molecule has 0 saturated heterocycles. The molecule has 1 aliphatic rings. The van der Waals surface area contributed by atoms with Crippen LogP contribution in [0.25, 0.3) is 0 Å². The van der Waals surface area contributed by atoms with Crippen LogP contribution in [-0.4, -0.2) is 17.0 Å². The van der Waals surface area contributed by atoms with Crippen LogP contribution in [0.3, 0.4) is 0 Å². The minimum Gasteiger partial charge on any atom is -0.372 e. The van der Waals surface area contributed by atoms with Crippen molar-refractivity contribution in [3.8, 4) is 0 Å². The van der Waals surface area contributed by atoms with E-state index in [0.717, 1.165) is 21.1 Å². The van der Waals surface area contributed by atoms with Gasteiger partial charge in [-0.05, 0) is 41.4 Å². The van der Waals surface area contributed by atoms with Gasteiger partial charge in [-0.2, -0.15) is 0 Å². The summed E-state index contributed by atoms with van der Waals surface area (Å²) >= 11 is 2.38. The van der Waals surface area contributed by atoms with Crippen molar-refractivity contribution >= 4 is 28.4 Å². The van der Waals surface area contributed by atoms with Crippen LogP contribution in [0.4, 0.5) is 5.82 Å². The second-order valence-electron chi connectivity index (χ2n) is 7.23. The topological polar surface area (TPSA) is 37.8 Å². The van der Waals surface area contributed by atoms with Crippen LogP contribution in [0.15, 0.2) is 0 Å². The zero-order valence-corrected chi connectivity index (χ0v) is 16.1. The van der Waals surface area contributed by atoms with Crippen LogP contribution in [0.5, 0.6) is 0 Å². The van der Waals surface area contributed by atoms with Crippen molar-refractivity contribution in [3.05, 3.63) is 15.1 Å². The summed E-state index contributed by atoms with van der Waals surface area (Å²) in [5.41, 5.74) is 1.23. The van der Waals surface area contributed by atoms with Crippen LogP contribution >= 0.6 is 22.6 Å². The summed E-state index contributed by atoms with van der Waals surface area (Å²) in [5.74, 6) is 3.43. The standard InChI is InChI=1S/C17H28IN3/c1-6-11-8-7-9-12(10-11)15-20-14(17(2,3)4)13(18)16(19-5)21-15/h11-12H,6-10H2,1-5H3,(H,19,20,21). The lowest BCUT2D eigenvalue weighted by molar-refractivity contribution is 0.306. The Hall–Kier alpha value is -0.390. The molecule has 0 spiro atoms. The first-order chi connectivity index (χ1) is 9.86. The van der Waals surface area contributed by atoms with Gasteiger partial charge in [0.1, 0.15) is 11.6 Å². The Morgan fingerprint density at radius 3 is 2.52 bits per heavy atom. The van der Waals surface area contributed by atoms with E-state index in [-0.39, 0.29) is 5.41 Å². The van der Waals surface area contributed by atoms with Gasteiger partial charge < -0.3 is 5.32 Å². The lowest BCUT2D eigenvalue weighted by Crippen LogP contribution is -2.22. The van der Waals surface area contributed by atoms with Crippen LogP contribution < -0.4 is 5.32 Å². The minimum atomic E-state index is 0.0542. The van der Waals surface area contributed by atoms with Crippen molar-refractivity contribution in [2.24, 2.45) is 5.92 Å². The number of nitrogens with one attached hydrogen (secondary N) is 1. The molecule has 0 aliphatic heterocycles. The van der Waals surface area contributed by atoms with E-state index in [9.17, 15) is 0 Å². The molecule has 2 unspecified atom stereocenters. The number of nitrogens with zero attached hydrogens (tertiary/aromatic N) is 2. The summed E-state index contributed by atoms with van der Waals surface area (Å²) in [4.78, 5) is 9.81. The van der Waals surface area contributed by atoms with E-state index in [0.29, 0.717) is 5.92 Å². The van der Waals surface area contributed by atoms with E-state index in [1.807, 2.05) is 7.05 Å². The first-order valence-corrected chi connectivity index (χ1v) is 9.20. The number of hydrogen-bond donors (Lipinski definition) is 1. The Morgan fingerprint density at radius 2 is 1.95 bits per heavy atom. The van der Waals surface area contributed by atoms with Gasteiger partial charge in [-0.15, -0.1) is 0 Å². The lowest BCUT2D eigenvalue weighted by atomic mass is 9.79. The maximum atomic E-state index is 4.99. The first kappa shape index (κ1) is 17.0. The Balaban J connectivity index is 2.39. The van der Waals surface area contributed by atoms with Gasteiger partial charge in [0.2, 0.25) is 0 Å². The van der Waals surface area contributed by atoms with Crippen molar-refractivity contribution in [2.45, 2.75) is 71.1 Å². The van der Waals surface area contributed by atoms with E-state index in [4.69, 9.17) is 9.97 Å². The Bertz CT molecular complexity index is 494. The first-order valence-electron chi connectivity index (χ1n) is 8.12. The van der Waals surface area contributed by atoms with Gasteiger partial charge in [0, 0.05) is 18.4 Å². The second kappa shape index (κ2) is 6.80. The zero-order chi connectivity index (χ0) is 15.6. The molecule has 0 bridgehead atoms. The Morgan fingerprint density at radius 1 is 1.24 bits per heavy atom. The number of aromatic nitrogens is 2. The molecule has 1 N–H and O–H groups in total. The largest absolute Gasteiger partial charge is 0.372 e. The molecule has 1 aromatic rings. The molecule has 4 heteroatoms. The second-order valence-corrected chi connectivity index (χ2v) is 8.31. The fourth-order valence-electron chi connectivity index (χ4n) is 3.21. The summed E-state index contributed by atoms with van der Waals surface area (Å²) in [6.45, 7) is 9.00. The van der Waals surface area contributed by atoms with Gasteiger partial charge >= 0.3 is 0 Å². The third kappa shape index (κ3) is 3.88. The quantitative estimate of drug-likeness (QED) is 0.716. The summed E-state index contributed by atoms with van der Waals surface area (Å²) in [6, 6.07) is 0. The highest BCUT2D eigenvalue weighted by Gasteiger charge is 2.28. The molecular weight excluding hydrogens is 373 g/mol. The fourth-order valence-corrected chi connectivity index (χ4v) is 4.53. The van der Waals surface area contributed by atoms with Crippen molar-refractivity contribution in [3.63, 3.8) is 0 Å². The van der Waals surface area contributed by atoms with E-state index < -0.39 is 0 Å². The maximum absolute atomic E-state index is 4.99. The lowest BCUT2D eigenvalue weighted by Gasteiger charge is -2.29. The molecule has 0 aromatic carbocycles. The molecule has 2 atom stereocenters. The highest BCUT2D eigenvalue weighted by Crippen LogP contribution is 2.38. The van der Waals surface area contributed by atoms with Crippen molar-refractivity contribution in [1.29, 1.82) is 0 Å². The van der Waals surface area contributed by atoms with Crippen molar-refractivity contribution in [1.82, 2.24) is 9.97 Å². The van der Waals surface area contributed by atoms with Crippen LogP contribution in [0.2, 0.25) is 0 Å². The van der Waals surface area contributed by atoms with Gasteiger partial charge in [0.05, 0.1) is 9.26 Å². The third-order valence-electron chi connectivity index (χ3n) is 4.54. The summed E-state index contributed by atoms with van der Waals surface area (Å²) in [6.07, 6.45) is 6.47. The molecule has 0 amide bonds. The molecular formula is C17H28IN3. The van der Waals surface area contributed by atoms with E-state index in [1.165, 1.54) is 37.8 Å². The molecule has 21 heavy (non-hydrogen) atoms. The number of hydrogen-bond acceptors (Lipinski definition) is 3. The molecule has 1 aromatic heterocycles. The molecule has 1 fully saturated rings. The molecule has 1 aliphatic carbocycles. The highest BCUT2D eigenvalue weighted by atomic mass is 127. The van der Waals surface area contributed by atoms with Crippen LogP contribution in [-0.2, 0) is 5.41 Å². The van der Waals surface area contributed by atoms with Gasteiger partial charge in [-0.1, -0.05) is 47.0 Å². The van der Waals surface area contributed by atoms with Crippen LogP contribution in [0, 0.1) is 9.49 Å². The molecule has 2 rings (SSSR count). The molecule has 0 radical (unpaired) electrons. The van der Waals surface area contributed by atoms with E-state index in [2.05, 4.69) is 55.6 Å². The Labute approximate surface area is 142 Å². The average molecular weight is 401 g/mol. The summed E-state index contributed by atoms with van der Waals surface area (Å²) in [7, 11) is 1.95. The van der Waals surface area contributed by atoms with Gasteiger partial charge in [0.15, 0.2) is 0 Å². The number of anilines is 1. The SMILES string of the molecule is CCC1CCCC(c2nc(NC)c(I)c(C(C)(C)C)n2)C1. The number of rotatable bonds is 3. The molecule has 1 heterocycles. The normalized spacial score (nSPS) is 23.1. The average Bonchev–Trinajstić information content (AvgIpc) is 2.46. The molecule has 1 saturated carbocycles. The Kier molecular flexibility index (Phi) is 5.49. The smallest absolute Gasteiger partial charge is 0.143 e. The maximum Gasteiger partial charge on any atom is 0.143 e. The monoisotopic (exact) mass is 401 g/mol. The minimum absolute atomic E-state index is 0.0542. The van der Waals surface area contributed by atoms with Crippen LogP contribution in [0.1, 0.15) is 77.2 Å². The fraction of sp³-hybridized carbons (Fsp3) is 0.765. The summed E-state index contributed by atoms with van der Waals surface area (Å²) < 4.78 is 1.16. The van der Waals surface area contributed by atoms with Gasteiger partial charge in [0.25, 0.3) is 0 Å². The predicted octanol–water partition coefficient (Wildman–Crippen LogP) is 5.10. The van der Waals surface area contributed by atoms with Gasteiger partial charge in [-0.25, -0.2) is 9.97 Å². The van der Waals surface area contributed by atoms with Crippen molar-refractivity contribution < 1.29 is 0 Å². The summed E-state index contributed by atoms with van der Waals surface area (Å²) in [5, 5.41) is 3.25.